The molecule has 0 spiro atoms. The highest BCUT2D eigenvalue weighted by atomic mass is 16.5. The zero-order valence-electron chi connectivity index (χ0n) is 9.10. The van der Waals surface area contributed by atoms with Crippen molar-refractivity contribution in [3.05, 3.63) is 0 Å². The van der Waals surface area contributed by atoms with Crippen molar-refractivity contribution in [2.75, 3.05) is 0 Å². The number of carbonyl (C=O) groups is 2. The topological polar surface area (TPSA) is 83.8 Å². The standard InChI is InChI=1S/C10H18O5/c1-3-4-8(6-9(12)13)15-10(14)5-7(2)11/h7-8,11H,3-6H2,1-2H3,(H,12,13). The van der Waals surface area contributed by atoms with Crippen LogP contribution in [-0.2, 0) is 14.3 Å². The van der Waals surface area contributed by atoms with Gasteiger partial charge in [0.2, 0.25) is 0 Å². The first-order chi connectivity index (χ1) is 6.95. The molecule has 88 valence electrons. The zero-order chi connectivity index (χ0) is 11.8. The van der Waals surface area contributed by atoms with Gasteiger partial charge in [-0.15, -0.1) is 0 Å². The molecule has 0 saturated heterocycles. The van der Waals surface area contributed by atoms with E-state index in [-0.39, 0.29) is 12.8 Å². The van der Waals surface area contributed by atoms with Gasteiger partial charge in [0.05, 0.1) is 18.9 Å². The first-order valence-electron chi connectivity index (χ1n) is 5.05. The van der Waals surface area contributed by atoms with Gasteiger partial charge in [0, 0.05) is 0 Å². The fraction of sp³-hybridized carbons (Fsp3) is 0.800. The summed E-state index contributed by atoms with van der Waals surface area (Å²) in [5, 5.41) is 17.5. The Balaban J connectivity index is 4.03. The van der Waals surface area contributed by atoms with E-state index in [1.807, 2.05) is 6.92 Å². The Kier molecular flexibility index (Phi) is 6.70. The molecular formula is C10H18O5. The highest BCUT2D eigenvalue weighted by Crippen LogP contribution is 2.09. The smallest absolute Gasteiger partial charge is 0.308 e. The third-order valence-electron chi connectivity index (χ3n) is 1.77. The molecule has 2 atom stereocenters. The third kappa shape index (κ3) is 7.93. The van der Waals surface area contributed by atoms with E-state index in [4.69, 9.17) is 14.9 Å². The molecule has 5 heteroatoms. The van der Waals surface area contributed by atoms with Crippen molar-refractivity contribution in [2.45, 2.75) is 51.7 Å². The predicted octanol–water partition coefficient (Wildman–Crippen LogP) is 0.944. The van der Waals surface area contributed by atoms with Crippen molar-refractivity contribution in [1.82, 2.24) is 0 Å². The lowest BCUT2D eigenvalue weighted by Crippen LogP contribution is -2.23. The molecule has 2 N–H and O–H groups in total. The minimum absolute atomic E-state index is 0.0974. The summed E-state index contributed by atoms with van der Waals surface area (Å²) in [6.45, 7) is 3.37. The first kappa shape index (κ1) is 13.9. The van der Waals surface area contributed by atoms with Crippen molar-refractivity contribution < 1.29 is 24.5 Å². The van der Waals surface area contributed by atoms with Gasteiger partial charge in [0.15, 0.2) is 0 Å². The summed E-state index contributed by atoms with van der Waals surface area (Å²) in [6.07, 6.45) is -0.347. The number of carboxylic acid groups (broad SMARTS) is 1. The van der Waals surface area contributed by atoms with E-state index in [1.54, 1.807) is 0 Å². The molecule has 0 rings (SSSR count). The Morgan fingerprint density at radius 2 is 1.93 bits per heavy atom. The van der Waals surface area contributed by atoms with Crippen LogP contribution in [0, 0.1) is 0 Å². The van der Waals surface area contributed by atoms with E-state index in [0.717, 1.165) is 6.42 Å². The molecule has 0 aromatic carbocycles. The molecule has 0 radical (unpaired) electrons. The first-order valence-corrected chi connectivity index (χ1v) is 5.05. The average molecular weight is 218 g/mol. The monoisotopic (exact) mass is 218 g/mol. The van der Waals surface area contributed by atoms with Gasteiger partial charge in [0.1, 0.15) is 6.10 Å². The fourth-order valence-corrected chi connectivity index (χ4v) is 1.19. The van der Waals surface area contributed by atoms with E-state index in [0.29, 0.717) is 6.42 Å². The van der Waals surface area contributed by atoms with Crippen LogP contribution >= 0.6 is 0 Å². The Hall–Kier alpha value is -1.10. The number of aliphatic hydroxyl groups excluding tert-OH is 1. The SMILES string of the molecule is CCCC(CC(=O)O)OC(=O)CC(C)O. The second kappa shape index (κ2) is 7.23. The van der Waals surface area contributed by atoms with Gasteiger partial charge in [-0.2, -0.15) is 0 Å². The molecule has 0 aromatic rings. The summed E-state index contributed by atoms with van der Waals surface area (Å²) in [6, 6.07) is 0. The molecule has 15 heavy (non-hydrogen) atoms. The summed E-state index contributed by atoms with van der Waals surface area (Å²) < 4.78 is 4.93. The van der Waals surface area contributed by atoms with E-state index in [9.17, 15) is 9.59 Å². The second-order valence-corrected chi connectivity index (χ2v) is 3.55. The Morgan fingerprint density at radius 1 is 1.33 bits per heavy atom. The van der Waals surface area contributed by atoms with Gasteiger partial charge < -0.3 is 14.9 Å². The molecule has 0 aromatic heterocycles. The van der Waals surface area contributed by atoms with Crippen molar-refractivity contribution >= 4 is 11.9 Å². The summed E-state index contributed by atoms with van der Waals surface area (Å²) in [5.41, 5.74) is 0. The van der Waals surface area contributed by atoms with E-state index in [1.165, 1.54) is 6.92 Å². The number of ether oxygens (including phenoxy) is 1. The molecule has 0 aliphatic carbocycles. The maximum Gasteiger partial charge on any atom is 0.308 e. The van der Waals surface area contributed by atoms with Gasteiger partial charge >= 0.3 is 11.9 Å². The summed E-state index contributed by atoms with van der Waals surface area (Å²) in [7, 11) is 0. The quantitative estimate of drug-likeness (QED) is 0.621. The predicted molar refractivity (Wildman–Crippen MR) is 53.3 cm³/mol. The van der Waals surface area contributed by atoms with Crippen molar-refractivity contribution in [3.8, 4) is 0 Å². The van der Waals surface area contributed by atoms with Crippen LogP contribution in [-0.4, -0.2) is 34.4 Å². The molecule has 5 nitrogen and oxygen atoms in total. The molecule has 0 saturated carbocycles. The van der Waals surface area contributed by atoms with Gasteiger partial charge in [-0.05, 0) is 13.3 Å². The average Bonchev–Trinajstić information content (AvgIpc) is 2.00. The van der Waals surface area contributed by atoms with Gasteiger partial charge in [0.25, 0.3) is 0 Å². The minimum atomic E-state index is -0.988. The van der Waals surface area contributed by atoms with Gasteiger partial charge in [-0.1, -0.05) is 13.3 Å². The maximum absolute atomic E-state index is 11.1. The molecule has 2 unspecified atom stereocenters. The van der Waals surface area contributed by atoms with Crippen molar-refractivity contribution in [2.24, 2.45) is 0 Å². The number of aliphatic carboxylic acids is 1. The van der Waals surface area contributed by atoms with Crippen LogP contribution in [0.25, 0.3) is 0 Å². The number of hydrogen-bond donors (Lipinski definition) is 2. The zero-order valence-corrected chi connectivity index (χ0v) is 9.10. The third-order valence-corrected chi connectivity index (χ3v) is 1.77. The number of esters is 1. The number of carboxylic acids is 1. The fourth-order valence-electron chi connectivity index (χ4n) is 1.19. The minimum Gasteiger partial charge on any atom is -0.481 e. The van der Waals surface area contributed by atoms with E-state index in [2.05, 4.69) is 0 Å². The lowest BCUT2D eigenvalue weighted by atomic mass is 10.1. The maximum atomic E-state index is 11.1. The Labute approximate surface area is 89.0 Å². The highest BCUT2D eigenvalue weighted by molar-refractivity contribution is 5.71. The summed E-state index contributed by atoms with van der Waals surface area (Å²) in [5.74, 6) is -1.54. The van der Waals surface area contributed by atoms with Crippen LogP contribution in [0.4, 0.5) is 0 Å². The van der Waals surface area contributed by atoms with Crippen molar-refractivity contribution in [1.29, 1.82) is 0 Å². The van der Waals surface area contributed by atoms with Gasteiger partial charge in [-0.3, -0.25) is 9.59 Å². The highest BCUT2D eigenvalue weighted by Gasteiger charge is 2.18. The lowest BCUT2D eigenvalue weighted by Gasteiger charge is -2.15. The largest absolute Gasteiger partial charge is 0.481 e. The molecule has 0 bridgehead atoms. The van der Waals surface area contributed by atoms with Crippen LogP contribution in [0.2, 0.25) is 0 Å². The molecule has 0 heterocycles. The number of aliphatic hydroxyl groups is 1. The normalized spacial score (nSPS) is 14.3. The Morgan fingerprint density at radius 3 is 2.33 bits per heavy atom. The van der Waals surface area contributed by atoms with Crippen LogP contribution in [0.3, 0.4) is 0 Å². The molecule has 0 amide bonds. The Bertz CT molecular complexity index is 212. The van der Waals surface area contributed by atoms with Crippen molar-refractivity contribution in [3.63, 3.8) is 0 Å². The van der Waals surface area contributed by atoms with Crippen LogP contribution in [0.15, 0.2) is 0 Å². The molecule has 0 fully saturated rings. The van der Waals surface area contributed by atoms with Crippen LogP contribution < -0.4 is 0 Å². The number of carbonyl (C=O) groups excluding carboxylic acids is 1. The molecule has 0 aliphatic rings. The number of rotatable bonds is 7. The summed E-state index contributed by atoms with van der Waals surface area (Å²) in [4.78, 5) is 21.6. The van der Waals surface area contributed by atoms with Crippen LogP contribution in [0.5, 0.6) is 0 Å². The molecular weight excluding hydrogens is 200 g/mol. The second-order valence-electron chi connectivity index (χ2n) is 3.55. The summed E-state index contributed by atoms with van der Waals surface area (Å²) >= 11 is 0. The lowest BCUT2D eigenvalue weighted by molar-refractivity contribution is -0.154. The van der Waals surface area contributed by atoms with Gasteiger partial charge in [-0.25, -0.2) is 0 Å². The van der Waals surface area contributed by atoms with Crippen LogP contribution in [0.1, 0.15) is 39.5 Å². The molecule has 0 aliphatic heterocycles. The number of hydrogen-bond acceptors (Lipinski definition) is 4. The van der Waals surface area contributed by atoms with E-state index < -0.39 is 24.1 Å². The van der Waals surface area contributed by atoms with E-state index >= 15 is 0 Å².